The normalized spacial score (nSPS) is 13.0. The van der Waals surface area contributed by atoms with E-state index in [1.165, 1.54) is 0 Å². The Bertz CT molecular complexity index is 83.3. The number of hydrogen-bond donors (Lipinski definition) is 2. The third kappa shape index (κ3) is 5.79. The highest BCUT2D eigenvalue weighted by Gasteiger charge is 1.97. The van der Waals surface area contributed by atoms with Crippen LogP contribution >= 0.6 is 0 Å². The molecule has 0 rings (SSSR count). The first-order valence-electron chi connectivity index (χ1n) is 3.78. The van der Waals surface area contributed by atoms with Gasteiger partial charge in [0, 0.05) is 12.6 Å². The Morgan fingerprint density at radius 3 is 2.70 bits per heavy atom. The van der Waals surface area contributed by atoms with Crippen molar-refractivity contribution in [3.05, 3.63) is 12.7 Å². The molecule has 0 aromatic rings. The van der Waals surface area contributed by atoms with E-state index in [0.29, 0.717) is 0 Å². The summed E-state index contributed by atoms with van der Waals surface area (Å²) in [7, 11) is 0. The first-order valence-corrected chi connectivity index (χ1v) is 3.78. The number of rotatable bonds is 6. The zero-order valence-electron chi connectivity index (χ0n) is 6.42. The van der Waals surface area contributed by atoms with Crippen LogP contribution < -0.4 is 5.73 Å². The van der Waals surface area contributed by atoms with Crippen molar-refractivity contribution in [1.82, 2.24) is 0 Å². The summed E-state index contributed by atoms with van der Waals surface area (Å²) in [6.07, 6.45) is 5.60. The Labute approximate surface area is 62.7 Å². The van der Waals surface area contributed by atoms with E-state index in [4.69, 9.17) is 10.8 Å². The van der Waals surface area contributed by atoms with Gasteiger partial charge in [0.05, 0.1) is 0 Å². The zero-order chi connectivity index (χ0) is 7.82. The molecule has 0 aliphatic heterocycles. The highest BCUT2D eigenvalue weighted by atomic mass is 16.2. The molecule has 0 aliphatic rings. The highest BCUT2D eigenvalue weighted by Crippen LogP contribution is 2.01. The monoisotopic (exact) mass is 143 g/mol. The number of aliphatic hydroxyl groups excluding tert-OH is 1. The SMILES string of the molecule is C=CCC(N)CCCCO. The first kappa shape index (κ1) is 9.66. The van der Waals surface area contributed by atoms with Gasteiger partial charge in [0.2, 0.25) is 0 Å². The van der Waals surface area contributed by atoms with E-state index in [1.807, 2.05) is 6.08 Å². The van der Waals surface area contributed by atoms with Gasteiger partial charge < -0.3 is 10.8 Å². The Kier molecular flexibility index (Phi) is 6.55. The van der Waals surface area contributed by atoms with Crippen LogP contribution in [0.15, 0.2) is 12.7 Å². The second-order valence-corrected chi connectivity index (χ2v) is 2.50. The lowest BCUT2D eigenvalue weighted by Crippen LogP contribution is -2.18. The molecular formula is C8H17NO. The number of hydrogen-bond acceptors (Lipinski definition) is 2. The van der Waals surface area contributed by atoms with E-state index in [2.05, 4.69) is 6.58 Å². The Balaban J connectivity index is 3.04. The van der Waals surface area contributed by atoms with Gasteiger partial charge in [-0.15, -0.1) is 6.58 Å². The number of nitrogens with two attached hydrogens (primary N) is 1. The van der Waals surface area contributed by atoms with Crippen LogP contribution in [0.4, 0.5) is 0 Å². The van der Waals surface area contributed by atoms with Crippen LogP contribution in [0.25, 0.3) is 0 Å². The molecule has 10 heavy (non-hydrogen) atoms. The van der Waals surface area contributed by atoms with E-state index in [1.54, 1.807) is 0 Å². The van der Waals surface area contributed by atoms with Gasteiger partial charge in [0.25, 0.3) is 0 Å². The molecule has 0 saturated carbocycles. The Morgan fingerprint density at radius 2 is 2.20 bits per heavy atom. The second-order valence-electron chi connectivity index (χ2n) is 2.50. The van der Waals surface area contributed by atoms with Crippen LogP contribution in [-0.4, -0.2) is 17.8 Å². The van der Waals surface area contributed by atoms with E-state index in [-0.39, 0.29) is 12.6 Å². The lowest BCUT2D eigenvalue weighted by Gasteiger charge is -2.06. The van der Waals surface area contributed by atoms with E-state index >= 15 is 0 Å². The van der Waals surface area contributed by atoms with Crippen molar-refractivity contribution in [2.75, 3.05) is 6.61 Å². The summed E-state index contributed by atoms with van der Waals surface area (Å²) in [6, 6.07) is 0.240. The molecule has 0 spiro atoms. The Hall–Kier alpha value is -0.340. The zero-order valence-corrected chi connectivity index (χ0v) is 6.42. The fourth-order valence-corrected chi connectivity index (χ4v) is 0.850. The predicted molar refractivity (Wildman–Crippen MR) is 43.7 cm³/mol. The van der Waals surface area contributed by atoms with E-state index in [9.17, 15) is 0 Å². The summed E-state index contributed by atoms with van der Waals surface area (Å²) in [5.41, 5.74) is 5.67. The minimum absolute atomic E-state index is 0.240. The topological polar surface area (TPSA) is 46.2 Å². The summed E-state index contributed by atoms with van der Waals surface area (Å²) in [4.78, 5) is 0. The Morgan fingerprint density at radius 1 is 1.50 bits per heavy atom. The lowest BCUT2D eigenvalue weighted by molar-refractivity contribution is 0.281. The van der Waals surface area contributed by atoms with Crippen LogP contribution in [0.5, 0.6) is 0 Å². The summed E-state index contributed by atoms with van der Waals surface area (Å²) in [5, 5.41) is 8.45. The van der Waals surface area contributed by atoms with Crippen molar-refractivity contribution in [3.8, 4) is 0 Å². The average Bonchev–Trinajstić information content (AvgIpc) is 1.89. The predicted octanol–water partition coefficient (Wildman–Crippen LogP) is 1.05. The molecule has 0 heterocycles. The molecule has 0 aromatic heterocycles. The molecule has 1 atom stereocenters. The van der Waals surface area contributed by atoms with Crippen molar-refractivity contribution in [2.45, 2.75) is 31.7 Å². The minimum Gasteiger partial charge on any atom is -0.396 e. The molecule has 0 radical (unpaired) electrons. The molecule has 0 aromatic carbocycles. The van der Waals surface area contributed by atoms with Gasteiger partial charge in [0.15, 0.2) is 0 Å². The van der Waals surface area contributed by atoms with E-state index in [0.717, 1.165) is 25.7 Å². The third-order valence-corrected chi connectivity index (χ3v) is 1.45. The maximum atomic E-state index is 8.45. The highest BCUT2D eigenvalue weighted by molar-refractivity contribution is 4.74. The fourth-order valence-electron chi connectivity index (χ4n) is 0.850. The minimum atomic E-state index is 0.240. The molecule has 0 bridgehead atoms. The molecule has 60 valence electrons. The van der Waals surface area contributed by atoms with Gasteiger partial charge in [-0.25, -0.2) is 0 Å². The average molecular weight is 143 g/mol. The third-order valence-electron chi connectivity index (χ3n) is 1.45. The molecule has 0 saturated heterocycles. The van der Waals surface area contributed by atoms with Crippen LogP contribution in [0.2, 0.25) is 0 Å². The van der Waals surface area contributed by atoms with Crippen molar-refractivity contribution in [1.29, 1.82) is 0 Å². The standard InChI is InChI=1S/C8H17NO/c1-2-5-8(9)6-3-4-7-10/h2,8,10H,1,3-7,9H2. The summed E-state index contributed by atoms with van der Waals surface area (Å²) < 4.78 is 0. The van der Waals surface area contributed by atoms with Crippen molar-refractivity contribution < 1.29 is 5.11 Å². The fraction of sp³-hybridized carbons (Fsp3) is 0.750. The van der Waals surface area contributed by atoms with Gasteiger partial charge in [0.1, 0.15) is 0 Å². The molecule has 0 amide bonds. The molecule has 2 nitrogen and oxygen atoms in total. The van der Waals surface area contributed by atoms with Crippen LogP contribution in [0, 0.1) is 0 Å². The summed E-state index contributed by atoms with van der Waals surface area (Å²) >= 11 is 0. The molecule has 0 fully saturated rings. The van der Waals surface area contributed by atoms with Crippen LogP contribution in [0.3, 0.4) is 0 Å². The van der Waals surface area contributed by atoms with Gasteiger partial charge in [-0.05, 0) is 25.7 Å². The van der Waals surface area contributed by atoms with Crippen LogP contribution in [0.1, 0.15) is 25.7 Å². The van der Waals surface area contributed by atoms with Gasteiger partial charge in [-0.3, -0.25) is 0 Å². The smallest absolute Gasteiger partial charge is 0.0431 e. The molecule has 0 aliphatic carbocycles. The first-order chi connectivity index (χ1) is 4.81. The lowest BCUT2D eigenvalue weighted by atomic mass is 10.1. The largest absolute Gasteiger partial charge is 0.396 e. The maximum Gasteiger partial charge on any atom is 0.0431 e. The summed E-state index contributed by atoms with van der Waals surface area (Å²) in [6.45, 7) is 3.88. The van der Waals surface area contributed by atoms with Crippen molar-refractivity contribution >= 4 is 0 Å². The van der Waals surface area contributed by atoms with Crippen molar-refractivity contribution in [3.63, 3.8) is 0 Å². The van der Waals surface area contributed by atoms with Gasteiger partial charge in [-0.1, -0.05) is 6.08 Å². The number of aliphatic hydroxyl groups is 1. The van der Waals surface area contributed by atoms with Crippen LogP contribution in [-0.2, 0) is 0 Å². The molecule has 3 N–H and O–H groups in total. The maximum absolute atomic E-state index is 8.45. The van der Waals surface area contributed by atoms with Gasteiger partial charge in [-0.2, -0.15) is 0 Å². The quantitative estimate of drug-likeness (QED) is 0.431. The molecular weight excluding hydrogens is 126 g/mol. The summed E-state index contributed by atoms with van der Waals surface area (Å²) in [5.74, 6) is 0. The molecule has 2 heteroatoms. The number of unbranched alkanes of at least 4 members (excludes halogenated alkanes) is 1. The molecule has 1 unspecified atom stereocenters. The van der Waals surface area contributed by atoms with Gasteiger partial charge >= 0.3 is 0 Å². The van der Waals surface area contributed by atoms with Crippen molar-refractivity contribution in [2.24, 2.45) is 5.73 Å². The second kappa shape index (κ2) is 6.78. The van der Waals surface area contributed by atoms with E-state index < -0.39 is 0 Å².